The highest BCUT2D eigenvalue weighted by atomic mass is 32.1. The highest BCUT2D eigenvalue weighted by molar-refractivity contribution is 7.09. The van der Waals surface area contributed by atoms with Crippen LogP contribution in [0, 0.1) is 5.82 Å². The number of nitrogens with zero attached hydrogens (tertiary/aromatic N) is 1. The Morgan fingerprint density at radius 2 is 2.10 bits per heavy atom. The highest BCUT2D eigenvalue weighted by Crippen LogP contribution is 2.12. The lowest BCUT2D eigenvalue weighted by Crippen LogP contribution is -2.40. The number of rotatable bonds is 6. The molecule has 0 bridgehead atoms. The molecule has 0 spiro atoms. The summed E-state index contributed by atoms with van der Waals surface area (Å²) in [5.41, 5.74) is 0.624. The Kier molecular flexibility index (Phi) is 5.75. The summed E-state index contributed by atoms with van der Waals surface area (Å²) in [6.45, 7) is 3.63. The molecule has 0 radical (unpaired) electrons. The largest absolute Gasteiger partial charge is 0.338 e. The first-order chi connectivity index (χ1) is 10.2. The van der Waals surface area contributed by atoms with Gasteiger partial charge in [-0.05, 0) is 36.4 Å². The van der Waals surface area contributed by atoms with E-state index in [0.29, 0.717) is 31.6 Å². The molecule has 1 heterocycles. The van der Waals surface area contributed by atoms with Crippen LogP contribution in [-0.2, 0) is 13.0 Å². The van der Waals surface area contributed by atoms with Gasteiger partial charge in [-0.15, -0.1) is 11.3 Å². The van der Waals surface area contributed by atoms with E-state index in [0.717, 1.165) is 4.88 Å². The molecule has 0 unspecified atom stereocenters. The Bertz CT molecular complexity index is 571. The molecule has 0 saturated heterocycles. The summed E-state index contributed by atoms with van der Waals surface area (Å²) in [5, 5.41) is 4.85. The van der Waals surface area contributed by atoms with Gasteiger partial charge in [0.25, 0.3) is 0 Å². The quantitative estimate of drug-likeness (QED) is 0.868. The minimum Gasteiger partial charge on any atom is -0.338 e. The maximum Gasteiger partial charge on any atom is 0.317 e. The number of benzene rings is 1. The summed E-state index contributed by atoms with van der Waals surface area (Å²) in [6.07, 6.45) is 0.495. The summed E-state index contributed by atoms with van der Waals surface area (Å²) in [7, 11) is 0. The molecule has 2 aromatic rings. The van der Waals surface area contributed by atoms with Crippen molar-refractivity contribution in [3.63, 3.8) is 0 Å². The van der Waals surface area contributed by atoms with Gasteiger partial charge in [-0.1, -0.05) is 24.3 Å². The third-order valence-corrected chi connectivity index (χ3v) is 4.09. The van der Waals surface area contributed by atoms with Crippen molar-refractivity contribution in [2.45, 2.75) is 19.9 Å². The Balaban J connectivity index is 1.81. The number of amides is 2. The van der Waals surface area contributed by atoms with Crippen LogP contribution in [0.3, 0.4) is 0 Å². The average molecular weight is 306 g/mol. The number of halogens is 1. The molecule has 0 aliphatic rings. The second kappa shape index (κ2) is 7.78. The normalized spacial score (nSPS) is 10.4. The number of carbonyl (C=O) groups is 1. The number of carbonyl (C=O) groups excluding carboxylic acids is 1. The van der Waals surface area contributed by atoms with Gasteiger partial charge in [-0.3, -0.25) is 0 Å². The van der Waals surface area contributed by atoms with Crippen molar-refractivity contribution in [3.05, 3.63) is 58.0 Å². The molecule has 112 valence electrons. The van der Waals surface area contributed by atoms with Crippen LogP contribution < -0.4 is 5.32 Å². The van der Waals surface area contributed by atoms with Crippen molar-refractivity contribution in [2.24, 2.45) is 0 Å². The summed E-state index contributed by atoms with van der Waals surface area (Å²) in [5.74, 6) is -0.224. The van der Waals surface area contributed by atoms with Crippen LogP contribution in [0.25, 0.3) is 0 Å². The van der Waals surface area contributed by atoms with Crippen LogP contribution in [0.4, 0.5) is 9.18 Å². The molecule has 3 nitrogen and oxygen atoms in total. The zero-order valence-corrected chi connectivity index (χ0v) is 12.8. The molecule has 1 aromatic carbocycles. The van der Waals surface area contributed by atoms with E-state index in [1.807, 2.05) is 24.4 Å². The van der Waals surface area contributed by atoms with Gasteiger partial charge in [0.05, 0.1) is 6.54 Å². The second-order valence-electron chi connectivity index (χ2n) is 4.67. The topological polar surface area (TPSA) is 32.3 Å². The molecule has 2 amide bonds. The SMILES string of the molecule is CCN(Cc1cccs1)C(=O)NCCc1ccccc1F. The van der Waals surface area contributed by atoms with Gasteiger partial charge in [0.15, 0.2) is 0 Å². The van der Waals surface area contributed by atoms with Crippen LogP contribution in [-0.4, -0.2) is 24.0 Å². The molecule has 21 heavy (non-hydrogen) atoms. The van der Waals surface area contributed by atoms with Gasteiger partial charge in [0.2, 0.25) is 0 Å². The second-order valence-corrected chi connectivity index (χ2v) is 5.70. The summed E-state index contributed by atoms with van der Waals surface area (Å²) in [6, 6.07) is 10.5. The van der Waals surface area contributed by atoms with Crippen LogP contribution in [0.15, 0.2) is 41.8 Å². The minimum atomic E-state index is -0.224. The van der Waals surface area contributed by atoms with Crippen LogP contribution >= 0.6 is 11.3 Å². The third kappa shape index (κ3) is 4.56. The van der Waals surface area contributed by atoms with Crippen LogP contribution in [0.5, 0.6) is 0 Å². The molecule has 0 fully saturated rings. The third-order valence-electron chi connectivity index (χ3n) is 3.22. The number of hydrogen-bond donors (Lipinski definition) is 1. The standard InChI is InChI=1S/C16H19FN2OS/c1-2-19(12-14-7-5-11-21-14)16(20)18-10-9-13-6-3-4-8-15(13)17/h3-8,11H,2,9-10,12H2,1H3,(H,18,20). The van der Waals surface area contributed by atoms with E-state index in [1.165, 1.54) is 6.07 Å². The van der Waals surface area contributed by atoms with Gasteiger partial charge < -0.3 is 10.2 Å². The number of thiophene rings is 1. The monoisotopic (exact) mass is 306 g/mol. The van der Waals surface area contributed by atoms with Gasteiger partial charge >= 0.3 is 6.03 Å². The number of hydrogen-bond acceptors (Lipinski definition) is 2. The van der Waals surface area contributed by atoms with Gasteiger partial charge in [-0.25, -0.2) is 9.18 Å². The Hall–Kier alpha value is -1.88. The predicted octanol–water partition coefficient (Wildman–Crippen LogP) is 3.66. The Morgan fingerprint density at radius 1 is 1.29 bits per heavy atom. The Morgan fingerprint density at radius 3 is 2.76 bits per heavy atom. The van der Waals surface area contributed by atoms with E-state index in [1.54, 1.807) is 34.4 Å². The van der Waals surface area contributed by atoms with E-state index in [2.05, 4.69) is 5.32 Å². The van der Waals surface area contributed by atoms with Crippen molar-refractivity contribution >= 4 is 17.4 Å². The molecule has 0 aliphatic carbocycles. The van der Waals surface area contributed by atoms with Crippen LogP contribution in [0.1, 0.15) is 17.4 Å². The molecule has 5 heteroatoms. The van der Waals surface area contributed by atoms with Crippen molar-refractivity contribution in [2.75, 3.05) is 13.1 Å². The predicted molar refractivity (Wildman–Crippen MR) is 83.9 cm³/mol. The number of nitrogens with one attached hydrogen (secondary N) is 1. The van der Waals surface area contributed by atoms with E-state index in [4.69, 9.17) is 0 Å². The fraction of sp³-hybridized carbons (Fsp3) is 0.312. The average Bonchev–Trinajstić information content (AvgIpc) is 2.99. The lowest BCUT2D eigenvalue weighted by atomic mass is 10.1. The lowest BCUT2D eigenvalue weighted by Gasteiger charge is -2.20. The summed E-state index contributed by atoms with van der Waals surface area (Å²) < 4.78 is 13.5. The van der Waals surface area contributed by atoms with Gasteiger partial charge in [0, 0.05) is 18.0 Å². The molecule has 2 rings (SSSR count). The van der Waals surface area contributed by atoms with Crippen molar-refractivity contribution in [3.8, 4) is 0 Å². The first-order valence-corrected chi connectivity index (χ1v) is 7.87. The fourth-order valence-electron chi connectivity index (χ4n) is 2.03. The number of urea groups is 1. The maximum atomic E-state index is 13.5. The molecular formula is C16H19FN2OS. The first kappa shape index (κ1) is 15.5. The zero-order valence-electron chi connectivity index (χ0n) is 12.0. The molecule has 1 aromatic heterocycles. The molecule has 0 saturated carbocycles. The summed E-state index contributed by atoms with van der Waals surface area (Å²) >= 11 is 1.64. The van der Waals surface area contributed by atoms with Crippen molar-refractivity contribution < 1.29 is 9.18 Å². The summed E-state index contributed by atoms with van der Waals surface area (Å²) in [4.78, 5) is 15.0. The lowest BCUT2D eigenvalue weighted by molar-refractivity contribution is 0.198. The van der Waals surface area contributed by atoms with E-state index < -0.39 is 0 Å². The smallest absolute Gasteiger partial charge is 0.317 e. The van der Waals surface area contributed by atoms with E-state index in [9.17, 15) is 9.18 Å². The maximum absolute atomic E-state index is 13.5. The minimum absolute atomic E-state index is 0.109. The molecule has 0 aliphatic heterocycles. The van der Waals surface area contributed by atoms with Gasteiger partial charge in [-0.2, -0.15) is 0 Å². The first-order valence-electron chi connectivity index (χ1n) is 6.99. The van der Waals surface area contributed by atoms with Crippen molar-refractivity contribution in [1.82, 2.24) is 10.2 Å². The van der Waals surface area contributed by atoms with Crippen molar-refractivity contribution in [1.29, 1.82) is 0 Å². The fourth-order valence-corrected chi connectivity index (χ4v) is 2.75. The molecule has 0 atom stereocenters. The van der Waals surface area contributed by atoms with Gasteiger partial charge in [0.1, 0.15) is 5.82 Å². The highest BCUT2D eigenvalue weighted by Gasteiger charge is 2.12. The molecule has 1 N–H and O–H groups in total. The van der Waals surface area contributed by atoms with E-state index >= 15 is 0 Å². The Labute approximate surface area is 128 Å². The van der Waals surface area contributed by atoms with E-state index in [-0.39, 0.29) is 11.8 Å². The van der Waals surface area contributed by atoms with Crippen LogP contribution in [0.2, 0.25) is 0 Å². The zero-order chi connectivity index (χ0) is 15.1. The molecular weight excluding hydrogens is 287 g/mol.